The van der Waals surface area contributed by atoms with Gasteiger partial charge in [-0.15, -0.1) is 0 Å². The molecule has 0 atom stereocenters. The van der Waals surface area contributed by atoms with Crippen LogP contribution in [0.3, 0.4) is 0 Å². The number of sulfone groups is 1. The maximum Gasteiger partial charge on any atom is 0.252 e. The lowest BCUT2D eigenvalue weighted by molar-refractivity contribution is 0.601. The van der Waals surface area contributed by atoms with Crippen LogP contribution < -0.4 is 10.5 Å². The van der Waals surface area contributed by atoms with E-state index in [1.165, 1.54) is 12.3 Å². The summed E-state index contributed by atoms with van der Waals surface area (Å²) in [5.41, 5.74) is -0.242. The number of aromatic amines is 1. The number of nitrogens with one attached hydrogen (secondary N) is 1. The summed E-state index contributed by atoms with van der Waals surface area (Å²) in [7, 11) is -1.30. The molecule has 0 aliphatic carbocycles. The van der Waals surface area contributed by atoms with E-state index in [0.29, 0.717) is 18.2 Å². The van der Waals surface area contributed by atoms with Gasteiger partial charge in [-0.2, -0.15) is 0 Å². The molecule has 0 saturated heterocycles. The summed E-state index contributed by atoms with van der Waals surface area (Å²) in [6.07, 6.45) is 1.18. The molecule has 0 saturated carbocycles. The third-order valence-electron chi connectivity index (χ3n) is 2.04. The molecule has 90 valence electrons. The van der Waals surface area contributed by atoms with Gasteiger partial charge in [-0.1, -0.05) is 0 Å². The highest BCUT2D eigenvalue weighted by Crippen LogP contribution is 2.04. The number of rotatable bonds is 4. The summed E-state index contributed by atoms with van der Waals surface area (Å²) in [5.74, 6) is 1.02. The van der Waals surface area contributed by atoms with Crippen molar-refractivity contribution in [2.75, 3.05) is 30.5 Å². The average Bonchev–Trinajstić information content (AvgIpc) is 2.11. The molecular formula is C9H15N3O3S. The Bertz CT molecular complexity index is 521. The largest absolute Gasteiger partial charge is 0.358 e. The van der Waals surface area contributed by atoms with Gasteiger partial charge in [0.1, 0.15) is 21.5 Å². The van der Waals surface area contributed by atoms with Crippen molar-refractivity contribution >= 4 is 15.7 Å². The predicted octanol–water partition coefficient (Wildman–Crippen LogP) is -0.441. The van der Waals surface area contributed by atoms with Gasteiger partial charge in [0.05, 0.1) is 5.75 Å². The number of aromatic nitrogens is 2. The Morgan fingerprint density at radius 3 is 2.62 bits per heavy atom. The minimum Gasteiger partial charge on any atom is -0.358 e. The SMILES string of the molecule is Cc1nc(N(C)CCS(C)(=O)=O)cc(=O)[nH]1. The van der Waals surface area contributed by atoms with Crippen LogP contribution in [-0.4, -0.2) is 44.0 Å². The molecule has 0 aliphatic heterocycles. The minimum atomic E-state index is -3.00. The zero-order valence-corrected chi connectivity index (χ0v) is 10.3. The van der Waals surface area contributed by atoms with Crippen molar-refractivity contribution in [2.24, 2.45) is 0 Å². The maximum absolute atomic E-state index is 11.2. The van der Waals surface area contributed by atoms with Gasteiger partial charge in [0, 0.05) is 25.9 Å². The van der Waals surface area contributed by atoms with Gasteiger partial charge in [-0.25, -0.2) is 13.4 Å². The van der Waals surface area contributed by atoms with Crippen LogP contribution in [0.2, 0.25) is 0 Å². The van der Waals surface area contributed by atoms with Crippen molar-refractivity contribution in [1.82, 2.24) is 9.97 Å². The zero-order chi connectivity index (χ0) is 12.3. The monoisotopic (exact) mass is 245 g/mol. The molecule has 1 aromatic heterocycles. The van der Waals surface area contributed by atoms with Gasteiger partial charge in [0.25, 0.3) is 5.56 Å². The molecule has 0 spiro atoms. The smallest absolute Gasteiger partial charge is 0.252 e. The topological polar surface area (TPSA) is 83.1 Å². The Labute approximate surface area is 94.2 Å². The second-order valence-corrected chi connectivity index (χ2v) is 6.00. The average molecular weight is 245 g/mol. The molecule has 1 aromatic rings. The molecule has 1 rings (SSSR count). The highest BCUT2D eigenvalue weighted by molar-refractivity contribution is 7.90. The first-order valence-corrected chi connectivity index (χ1v) is 6.81. The molecular weight excluding hydrogens is 230 g/mol. The van der Waals surface area contributed by atoms with E-state index in [1.54, 1.807) is 18.9 Å². The summed E-state index contributed by atoms with van der Waals surface area (Å²) in [6, 6.07) is 1.34. The fourth-order valence-corrected chi connectivity index (χ4v) is 1.78. The molecule has 16 heavy (non-hydrogen) atoms. The Morgan fingerprint density at radius 1 is 1.50 bits per heavy atom. The Morgan fingerprint density at radius 2 is 2.12 bits per heavy atom. The van der Waals surface area contributed by atoms with E-state index in [-0.39, 0.29) is 11.3 Å². The summed E-state index contributed by atoms with van der Waals surface area (Å²) in [5, 5.41) is 0. The van der Waals surface area contributed by atoms with Crippen LogP contribution in [0.5, 0.6) is 0 Å². The van der Waals surface area contributed by atoms with Crippen LogP contribution in [0.15, 0.2) is 10.9 Å². The molecule has 0 unspecified atom stereocenters. The molecule has 0 amide bonds. The third kappa shape index (κ3) is 4.01. The molecule has 1 heterocycles. The molecule has 0 radical (unpaired) electrons. The van der Waals surface area contributed by atoms with E-state index in [0.717, 1.165) is 0 Å². The Balaban J connectivity index is 2.81. The fraction of sp³-hybridized carbons (Fsp3) is 0.556. The summed E-state index contributed by atoms with van der Waals surface area (Å²) in [4.78, 5) is 19.5. The first-order chi connectivity index (χ1) is 7.28. The first kappa shape index (κ1) is 12.7. The van der Waals surface area contributed by atoms with E-state index in [1.807, 2.05) is 0 Å². The van der Waals surface area contributed by atoms with Crippen LogP contribution >= 0.6 is 0 Å². The lowest BCUT2D eigenvalue weighted by Gasteiger charge is -2.17. The molecule has 7 heteroatoms. The normalized spacial score (nSPS) is 11.4. The van der Waals surface area contributed by atoms with Crippen molar-refractivity contribution in [2.45, 2.75) is 6.92 Å². The lowest BCUT2D eigenvalue weighted by Crippen LogP contribution is -2.27. The van der Waals surface area contributed by atoms with Crippen molar-refractivity contribution in [3.63, 3.8) is 0 Å². The predicted molar refractivity (Wildman–Crippen MR) is 62.6 cm³/mol. The van der Waals surface area contributed by atoms with Crippen LogP contribution in [-0.2, 0) is 9.84 Å². The molecule has 0 aromatic carbocycles. The Kier molecular flexibility index (Phi) is 3.69. The standard InChI is InChI=1S/C9H15N3O3S/c1-7-10-8(6-9(13)11-7)12(2)4-5-16(3,14)15/h6H,4-5H2,1-3H3,(H,10,11,13). The van der Waals surface area contributed by atoms with Crippen LogP contribution in [0, 0.1) is 6.92 Å². The van der Waals surface area contributed by atoms with Crippen LogP contribution in [0.1, 0.15) is 5.82 Å². The van der Waals surface area contributed by atoms with Gasteiger partial charge in [-0.05, 0) is 6.92 Å². The van der Waals surface area contributed by atoms with Crippen LogP contribution in [0.4, 0.5) is 5.82 Å². The van der Waals surface area contributed by atoms with Crippen molar-refractivity contribution in [3.8, 4) is 0 Å². The van der Waals surface area contributed by atoms with Crippen LogP contribution in [0.25, 0.3) is 0 Å². The number of hydrogen-bond acceptors (Lipinski definition) is 5. The van der Waals surface area contributed by atoms with E-state index in [4.69, 9.17) is 0 Å². The maximum atomic E-state index is 11.2. The fourth-order valence-electron chi connectivity index (χ4n) is 1.18. The molecule has 1 N–H and O–H groups in total. The van der Waals surface area contributed by atoms with Gasteiger partial charge in [-0.3, -0.25) is 4.79 Å². The van der Waals surface area contributed by atoms with E-state index in [9.17, 15) is 13.2 Å². The number of H-pyrrole nitrogens is 1. The number of anilines is 1. The van der Waals surface area contributed by atoms with Gasteiger partial charge in [0.15, 0.2) is 0 Å². The van der Waals surface area contributed by atoms with Gasteiger partial charge >= 0.3 is 0 Å². The van der Waals surface area contributed by atoms with E-state index >= 15 is 0 Å². The molecule has 0 aliphatic rings. The number of aryl methyl sites for hydroxylation is 1. The number of hydrogen-bond donors (Lipinski definition) is 1. The lowest BCUT2D eigenvalue weighted by atomic mass is 10.5. The molecule has 0 bridgehead atoms. The van der Waals surface area contributed by atoms with E-state index < -0.39 is 9.84 Å². The highest BCUT2D eigenvalue weighted by Gasteiger charge is 2.08. The van der Waals surface area contributed by atoms with Crippen molar-refractivity contribution < 1.29 is 8.42 Å². The summed E-state index contributed by atoms with van der Waals surface area (Å²) >= 11 is 0. The quantitative estimate of drug-likeness (QED) is 0.777. The first-order valence-electron chi connectivity index (χ1n) is 4.75. The van der Waals surface area contributed by atoms with Crippen molar-refractivity contribution in [3.05, 3.63) is 22.2 Å². The highest BCUT2D eigenvalue weighted by atomic mass is 32.2. The summed E-state index contributed by atoms with van der Waals surface area (Å²) < 4.78 is 22.0. The molecule has 6 nitrogen and oxygen atoms in total. The third-order valence-corrected chi connectivity index (χ3v) is 2.96. The zero-order valence-electron chi connectivity index (χ0n) is 9.52. The van der Waals surface area contributed by atoms with Gasteiger partial charge in [0.2, 0.25) is 0 Å². The number of nitrogens with zero attached hydrogens (tertiary/aromatic N) is 2. The minimum absolute atomic E-state index is 0.0387. The second kappa shape index (κ2) is 4.65. The van der Waals surface area contributed by atoms with E-state index in [2.05, 4.69) is 9.97 Å². The molecule has 0 fully saturated rings. The Hall–Kier alpha value is -1.37. The summed E-state index contributed by atoms with van der Waals surface area (Å²) in [6.45, 7) is 1.99. The van der Waals surface area contributed by atoms with Gasteiger partial charge < -0.3 is 9.88 Å². The second-order valence-electron chi connectivity index (χ2n) is 3.74. The van der Waals surface area contributed by atoms with Crippen molar-refractivity contribution in [1.29, 1.82) is 0 Å².